The summed E-state index contributed by atoms with van der Waals surface area (Å²) in [6.07, 6.45) is 0.0450. The largest absolute Gasteiger partial charge is 0.475 e. The van der Waals surface area contributed by atoms with Gasteiger partial charge >= 0.3 is 0 Å². The lowest BCUT2D eigenvalue weighted by Crippen LogP contribution is -2.13. The Morgan fingerprint density at radius 2 is 0.967 bits per heavy atom. The normalized spacial score (nSPS) is 12.3. The molecule has 3 aromatic carbocycles. The van der Waals surface area contributed by atoms with E-state index in [4.69, 9.17) is 19.5 Å². The first-order valence-electron chi connectivity index (χ1n) is 10.2. The van der Waals surface area contributed by atoms with Crippen molar-refractivity contribution in [2.24, 2.45) is 9.98 Å². The maximum Gasteiger partial charge on any atom is 0.221 e. The molecule has 0 N–H and O–H groups in total. The molecule has 4 nitrogen and oxygen atoms in total. The number of benzene rings is 3. The topological polar surface area (TPSA) is 43.2 Å². The molecule has 0 unspecified atom stereocenters. The molecule has 0 saturated heterocycles. The zero-order valence-corrected chi connectivity index (χ0v) is 17.9. The van der Waals surface area contributed by atoms with E-state index in [2.05, 4.69) is 0 Å². The Balaban J connectivity index is 1.97. The van der Waals surface area contributed by atoms with Crippen LogP contribution in [-0.4, -0.2) is 24.0 Å². The van der Waals surface area contributed by atoms with E-state index in [1.807, 2.05) is 113 Å². The third-order valence-corrected chi connectivity index (χ3v) is 4.03. The molecule has 3 rings (SSSR count). The van der Waals surface area contributed by atoms with E-state index in [1.54, 1.807) is 0 Å². The minimum atomic E-state index is 0.0225. The van der Waals surface area contributed by atoms with Crippen LogP contribution in [0.1, 0.15) is 38.8 Å². The number of aliphatic imine (C=N–C) groups is 2. The number of nitrogens with zero attached hydrogens (tertiary/aromatic N) is 2. The third-order valence-electron chi connectivity index (χ3n) is 4.03. The molecule has 0 aromatic heterocycles. The summed E-state index contributed by atoms with van der Waals surface area (Å²) in [5.41, 5.74) is 3.42. The van der Waals surface area contributed by atoms with Crippen molar-refractivity contribution in [1.29, 1.82) is 0 Å². The first kappa shape index (κ1) is 21.3. The highest BCUT2D eigenvalue weighted by Crippen LogP contribution is 2.23. The minimum Gasteiger partial charge on any atom is -0.475 e. The van der Waals surface area contributed by atoms with Crippen molar-refractivity contribution in [2.75, 3.05) is 0 Å². The predicted molar refractivity (Wildman–Crippen MR) is 124 cm³/mol. The fourth-order valence-electron chi connectivity index (χ4n) is 2.79. The van der Waals surface area contributed by atoms with Gasteiger partial charge in [-0.1, -0.05) is 42.5 Å². The Hall–Kier alpha value is -3.40. The highest BCUT2D eigenvalue weighted by atomic mass is 16.5. The zero-order chi connectivity index (χ0) is 21.3. The number of rotatable bonds is 6. The van der Waals surface area contributed by atoms with Crippen LogP contribution in [0, 0.1) is 0 Å². The molecular weight excluding hydrogens is 372 g/mol. The lowest BCUT2D eigenvalue weighted by Gasteiger charge is -2.14. The molecule has 0 spiro atoms. The lowest BCUT2D eigenvalue weighted by atomic mass is 10.2. The van der Waals surface area contributed by atoms with Crippen LogP contribution in [0.3, 0.4) is 0 Å². The van der Waals surface area contributed by atoms with Crippen LogP contribution in [0.4, 0.5) is 11.4 Å². The van der Waals surface area contributed by atoms with Crippen LogP contribution in [0.2, 0.25) is 0 Å². The second-order valence-electron chi connectivity index (χ2n) is 7.42. The van der Waals surface area contributed by atoms with E-state index in [0.717, 1.165) is 22.5 Å². The Morgan fingerprint density at radius 1 is 0.567 bits per heavy atom. The maximum absolute atomic E-state index is 5.97. The molecule has 0 aliphatic rings. The summed E-state index contributed by atoms with van der Waals surface area (Å²) >= 11 is 0. The van der Waals surface area contributed by atoms with Crippen molar-refractivity contribution in [2.45, 2.75) is 39.9 Å². The summed E-state index contributed by atoms with van der Waals surface area (Å²) in [4.78, 5) is 9.51. The Kier molecular flexibility index (Phi) is 7.39. The van der Waals surface area contributed by atoms with Gasteiger partial charge < -0.3 is 9.47 Å². The molecule has 0 fully saturated rings. The van der Waals surface area contributed by atoms with E-state index in [9.17, 15) is 0 Å². The average molecular weight is 401 g/mol. The van der Waals surface area contributed by atoms with Crippen molar-refractivity contribution in [3.05, 3.63) is 96.1 Å². The minimum absolute atomic E-state index is 0.0225. The molecule has 0 saturated carbocycles. The Morgan fingerprint density at radius 3 is 1.33 bits per heavy atom. The van der Waals surface area contributed by atoms with Crippen molar-refractivity contribution in [3.63, 3.8) is 0 Å². The zero-order valence-electron chi connectivity index (χ0n) is 17.9. The summed E-state index contributed by atoms with van der Waals surface area (Å²) in [7, 11) is 0. The van der Waals surface area contributed by atoms with Crippen molar-refractivity contribution in [1.82, 2.24) is 0 Å². The molecule has 0 aliphatic heterocycles. The Bertz CT molecular complexity index is 915. The fraction of sp³-hybridized carbons (Fsp3) is 0.231. The molecule has 4 heteroatoms. The van der Waals surface area contributed by atoms with Crippen LogP contribution in [0.5, 0.6) is 0 Å². The SMILES string of the molecule is CC(C)O/C(=N\c1cccc(/N=C(\OC(C)C)c2ccccc2)c1)c1ccccc1. The van der Waals surface area contributed by atoms with Gasteiger partial charge in [-0.2, -0.15) is 0 Å². The summed E-state index contributed by atoms with van der Waals surface area (Å²) in [5.74, 6) is 1.18. The van der Waals surface area contributed by atoms with Crippen molar-refractivity contribution in [3.8, 4) is 0 Å². The number of ether oxygens (including phenoxy) is 2. The number of hydrogen-bond donors (Lipinski definition) is 0. The fourth-order valence-corrected chi connectivity index (χ4v) is 2.79. The van der Waals surface area contributed by atoms with Crippen molar-refractivity contribution < 1.29 is 9.47 Å². The highest BCUT2D eigenvalue weighted by Gasteiger charge is 2.10. The monoisotopic (exact) mass is 400 g/mol. The van der Waals surface area contributed by atoms with Crippen LogP contribution in [-0.2, 0) is 9.47 Å². The molecular formula is C26H28N2O2. The van der Waals surface area contributed by atoms with E-state index in [1.165, 1.54) is 0 Å². The van der Waals surface area contributed by atoms with Gasteiger partial charge in [0.15, 0.2) is 0 Å². The van der Waals surface area contributed by atoms with Crippen LogP contribution < -0.4 is 0 Å². The first-order valence-corrected chi connectivity index (χ1v) is 10.2. The molecule has 30 heavy (non-hydrogen) atoms. The van der Waals surface area contributed by atoms with Gasteiger partial charge in [0, 0.05) is 11.1 Å². The quantitative estimate of drug-likeness (QED) is 0.341. The summed E-state index contributed by atoms with van der Waals surface area (Å²) in [6.45, 7) is 7.98. The van der Waals surface area contributed by atoms with Gasteiger partial charge in [0.05, 0.1) is 23.6 Å². The third kappa shape index (κ3) is 6.31. The molecule has 0 atom stereocenters. The van der Waals surface area contributed by atoms with Gasteiger partial charge in [0.1, 0.15) is 0 Å². The van der Waals surface area contributed by atoms with Gasteiger partial charge in [-0.15, -0.1) is 0 Å². The first-order chi connectivity index (χ1) is 14.5. The molecule has 0 amide bonds. The number of hydrogen-bond acceptors (Lipinski definition) is 4. The Labute approximate surface area is 178 Å². The van der Waals surface area contributed by atoms with Crippen LogP contribution >= 0.6 is 0 Å². The van der Waals surface area contributed by atoms with Gasteiger partial charge in [-0.3, -0.25) is 0 Å². The van der Waals surface area contributed by atoms with Gasteiger partial charge in [-0.05, 0) is 70.2 Å². The molecule has 0 heterocycles. The lowest BCUT2D eigenvalue weighted by molar-refractivity contribution is 0.229. The molecule has 0 radical (unpaired) electrons. The highest BCUT2D eigenvalue weighted by molar-refractivity contribution is 5.97. The van der Waals surface area contributed by atoms with E-state index < -0.39 is 0 Å². The van der Waals surface area contributed by atoms with Gasteiger partial charge in [-0.25, -0.2) is 9.98 Å². The average Bonchev–Trinajstić information content (AvgIpc) is 2.74. The molecule has 0 aliphatic carbocycles. The second kappa shape index (κ2) is 10.4. The predicted octanol–water partition coefficient (Wildman–Crippen LogP) is 6.69. The second-order valence-corrected chi connectivity index (χ2v) is 7.42. The van der Waals surface area contributed by atoms with E-state index in [0.29, 0.717) is 11.8 Å². The smallest absolute Gasteiger partial charge is 0.221 e. The molecule has 0 bridgehead atoms. The van der Waals surface area contributed by atoms with E-state index in [-0.39, 0.29) is 12.2 Å². The standard InChI is InChI=1S/C26H28N2O2/c1-19(2)29-25(21-12-7-5-8-13-21)27-23-16-11-17-24(18-23)28-26(30-20(3)4)22-14-9-6-10-15-22/h5-20H,1-4H3/b27-25-,28-26-. The maximum atomic E-state index is 5.97. The summed E-state index contributed by atoms with van der Waals surface area (Å²) in [6, 6.07) is 27.6. The molecule has 3 aromatic rings. The summed E-state index contributed by atoms with van der Waals surface area (Å²) in [5, 5.41) is 0. The van der Waals surface area contributed by atoms with Crippen molar-refractivity contribution >= 4 is 23.2 Å². The van der Waals surface area contributed by atoms with Crippen LogP contribution in [0.25, 0.3) is 0 Å². The summed E-state index contributed by atoms with van der Waals surface area (Å²) < 4.78 is 11.9. The van der Waals surface area contributed by atoms with E-state index >= 15 is 0 Å². The van der Waals surface area contributed by atoms with Gasteiger partial charge in [0.2, 0.25) is 11.8 Å². The molecule has 154 valence electrons. The van der Waals surface area contributed by atoms with Gasteiger partial charge in [0.25, 0.3) is 0 Å². The van der Waals surface area contributed by atoms with Crippen LogP contribution in [0.15, 0.2) is 94.9 Å².